The fourth-order valence-electron chi connectivity index (χ4n) is 2.54. The molecule has 1 saturated heterocycles. The summed E-state index contributed by atoms with van der Waals surface area (Å²) in [6.07, 6.45) is 2.48. The molecule has 0 unspecified atom stereocenters. The summed E-state index contributed by atoms with van der Waals surface area (Å²) in [7, 11) is 0. The predicted molar refractivity (Wildman–Crippen MR) is 81.9 cm³/mol. The van der Waals surface area contributed by atoms with E-state index in [0.29, 0.717) is 0 Å². The average molecular weight is 285 g/mol. The molecule has 2 N–H and O–H groups in total. The number of nitrogens with zero attached hydrogens (tertiary/aromatic N) is 1. The zero-order valence-corrected chi connectivity index (χ0v) is 12.5. The molecule has 0 bridgehead atoms. The normalized spacial score (nSPS) is 16.9. The number of ether oxygens (including phenoxy) is 1. The lowest BCUT2D eigenvalue weighted by atomic mass is 9.97. The minimum Gasteiger partial charge on any atom is -0.494 e. The molecule has 1 aromatic rings. The first kappa shape index (κ1) is 16.3. The SMILES string of the molecule is CCOc1cccc(CN2CCC(CN)CC2)c1.Cl. The van der Waals surface area contributed by atoms with Crippen molar-refractivity contribution < 1.29 is 4.74 Å². The van der Waals surface area contributed by atoms with Crippen LogP contribution in [0.15, 0.2) is 24.3 Å². The summed E-state index contributed by atoms with van der Waals surface area (Å²) in [5, 5.41) is 0. The number of likely N-dealkylation sites (tertiary alicyclic amines) is 1. The molecule has 0 spiro atoms. The maximum absolute atomic E-state index is 5.72. The van der Waals surface area contributed by atoms with Crippen molar-refractivity contribution >= 4 is 12.4 Å². The largest absolute Gasteiger partial charge is 0.494 e. The molecule has 0 radical (unpaired) electrons. The Morgan fingerprint density at radius 2 is 2.05 bits per heavy atom. The fourth-order valence-corrected chi connectivity index (χ4v) is 2.54. The summed E-state index contributed by atoms with van der Waals surface area (Å²) >= 11 is 0. The zero-order valence-electron chi connectivity index (χ0n) is 11.7. The number of hydrogen-bond acceptors (Lipinski definition) is 3. The van der Waals surface area contributed by atoms with Gasteiger partial charge in [-0.15, -0.1) is 12.4 Å². The lowest BCUT2D eigenvalue weighted by molar-refractivity contribution is 0.180. The van der Waals surface area contributed by atoms with Gasteiger partial charge in [0.2, 0.25) is 0 Å². The number of nitrogens with two attached hydrogens (primary N) is 1. The first-order chi connectivity index (χ1) is 8.81. The molecule has 1 aromatic carbocycles. The van der Waals surface area contributed by atoms with Gasteiger partial charge < -0.3 is 10.5 Å². The first-order valence-corrected chi connectivity index (χ1v) is 6.96. The third-order valence-corrected chi connectivity index (χ3v) is 3.66. The van der Waals surface area contributed by atoms with Crippen molar-refractivity contribution in [3.8, 4) is 5.75 Å². The van der Waals surface area contributed by atoms with Gasteiger partial charge in [0.1, 0.15) is 5.75 Å². The molecule has 1 fully saturated rings. The van der Waals surface area contributed by atoms with Crippen molar-refractivity contribution in [2.24, 2.45) is 11.7 Å². The van der Waals surface area contributed by atoms with E-state index in [9.17, 15) is 0 Å². The lowest BCUT2D eigenvalue weighted by Crippen LogP contribution is -2.35. The highest BCUT2D eigenvalue weighted by Crippen LogP contribution is 2.20. The van der Waals surface area contributed by atoms with Crippen LogP contribution in [0.1, 0.15) is 25.3 Å². The molecule has 19 heavy (non-hydrogen) atoms. The maximum Gasteiger partial charge on any atom is 0.119 e. The number of benzene rings is 1. The van der Waals surface area contributed by atoms with Crippen LogP contribution >= 0.6 is 12.4 Å². The highest BCUT2D eigenvalue weighted by atomic mass is 35.5. The van der Waals surface area contributed by atoms with Crippen LogP contribution in [0.3, 0.4) is 0 Å². The highest BCUT2D eigenvalue weighted by Gasteiger charge is 2.17. The van der Waals surface area contributed by atoms with Crippen LogP contribution in [-0.2, 0) is 6.54 Å². The van der Waals surface area contributed by atoms with E-state index in [4.69, 9.17) is 10.5 Å². The van der Waals surface area contributed by atoms with Gasteiger partial charge in [-0.2, -0.15) is 0 Å². The maximum atomic E-state index is 5.72. The Balaban J connectivity index is 0.00000180. The molecule has 0 atom stereocenters. The molecule has 0 aromatic heterocycles. The Morgan fingerprint density at radius 1 is 1.32 bits per heavy atom. The third-order valence-electron chi connectivity index (χ3n) is 3.66. The van der Waals surface area contributed by atoms with Gasteiger partial charge >= 0.3 is 0 Å². The topological polar surface area (TPSA) is 38.5 Å². The Bertz CT molecular complexity index is 365. The monoisotopic (exact) mass is 284 g/mol. The number of halogens is 1. The van der Waals surface area contributed by atoms with Gasteiger partial charge in [0.05, 0.1) is 6.61 Å². The minimum absolute atomic E-state index is 0. The molecule has 0 amide bonds. The molecular formula is C15H25ClN2O. The van der Waals surface area contributed by atoms with E-state index < -0.39 is 0 Å². The molecule has 2 rings (SSSR count). The zero-order chi connectivity index (χ0) is 12.8. The van der Waals surface area contributed by atoms with Gasteiger partial charge in [-0.25, -0.2) is 0 Å². The van der Waals surface area contributed by atoms with Gasteiger partial charge in [0.25, 0.3) is 0 Å². The number of piperidine rings is 1. The fraction of sp³-hybridized carbons (Fsp3) is 0.600. The second-order valence-electron chi connectivity index (χ2n) is 5.04. The van der Waals surface area contributed by atoms with E-state index in [1.165, 1.54) is 31.5 Å². The molecule has 1 aliphatic rings. The van der Waals surface area contributed by atoms with E-state index in [2.05, 4.69) is 23.1 Å². The lowest BCUT2D eigenvalue weighted by Gasteiger charge is -2.31. The van der Waals surface area contributed by atoms with Crippen LogP contribution < -0.4 is 10.5 Å². The summed E-state index contributed by atoms with van der Waals surface area (Å²) in [5.74, 6) is 1.71. The second-order valence-corrected chi connectivity index (χ2v) is 5.04. The molecule has 0 aliphatic carbocycles. The van der Waals surface area contributed by atoms with E-state index in [0.717, 1.165) is 31.4 Å². The molecule has 1 aliphatic heterocycles. The van der Waals surface area contributed by atoms with Crippen LogP contribution in [0.5, 0.6) is 5.75 Å². The molecule has 108 valence electrons. The number of rotatable bonds is 5. The molecule has 0 saturated carbocycles. The summed E-state index contributed by atoms with van der Waals surface area (Å²) in [6.45, 7) is 6.95. The van der Waals surface area contributed by atoms with Gasteiger partial charge in [-0.3, -0.25) is 4.90 Å². The van der Waals surface area contributed by atoms with Crippen molar-refractivity contribution in [3.05, 3.63) is 29.8 Å². The smallest absolute Gasteiger partial charge is 0.119 e. The van der Waals surface area contributed by atoms with Crippen molar-refractivity contribution in [1.82, 2.24) is 4.90 Å². The van der Waals surface area contributed by atoms with Gasteiger partial charge in [0.15, 0.2) is 0 Å². The van der Waals surface area contributed by atoms with Gasteiger partial charge in [-0.1, -0.05) is 12.1 Å². The summed E-state index contributed by atoms with van der Waals surface area (Å²) in [4.78, 5) is 2.51. The number of hydrogen-bond donors (Lipinski definition) is 1. The predicted octanol–water partition coefficient (Wildman–Crippen LogP) is 2.68. The van der Waals surface area contributed by atoms with Gasteiger partial charge in [-0.05, 0) is 63.0 Å². The van der Waals surface area contributed by atoms with Crippen LogP contribution in [0, 0.1) is 5.92 Å². The Labute approximate surface area is 122 Å². The van der Waals surface area contributed by atoms with E-state index in [-0.39, 0.29) is 12.4 Å². The Hall–Kier alpha value is -0.770. The standard InChI is InChI=1S/C15H24N2O.ClH/c1-2-18-15-5-3-4-14(10-15)12-17-8-6-13(11-16)7-9-17;/h3-5,10,13H,2,6-9,11-12,16H2,1H3;1H. The van der Waals surface area contributed by atoms with Crippen molar-refractivity contribution in [2.45, 2.75) is 26.3 Å². The van der Waals surface area contributed by atoms with E-state index >= 15 is 0 Å². The van der Waals surface area contributed by atoms with E-state index in [1.807, 2.05) is 13.0 Å². The Morgan fingerprint density at radius 3 is 2.68 bits per heavy atom. The van der Waals surface area contributed by atoms with Crippen LogP contribution in [0.4, 0.5) is 0 Å². The third kappa shape index (κ3) is 5.01. The molecule has 1 heterocycles. The highest BCUT2D eigenvalue weighted by molar-refractivity contribution is 5.85. The van der Waals surface area contributed by atoms with Crippen LogP contribution in [0.2, 0.25) is 0 Å². The van der Waals surface area contributed by atoms with Crippen molar-refractivity contribution in [3.63, 3.8) is 0 Å². The van der Waals surface area contributed by atoms with Crippen molar-refractivity contribution in [1.29, 1.82) is 0 Å². The quantitative estimate of drug-likeness (QED) is 0.903. The Kier molecular flexibility index (Phi) is 7.21. The molecule has 3 nitrogen and oxygen atoms in total. The minimum atomic E-state index is 0. The van der Waals surface area contributed by atoms with Crippen LogP contribution in [-0.4, -0.2) is 31.1 Å². The van der Waals surface area contributed by atoms with Crippen LogP contribution in [0.25, 0.3) is 0 Å². The average Bonchev–Trinajstić information content (AvgIpc) is 2.40. The van der Waals surface area contributed by atoms with Gasteiger partial charge in [0, 0.05) is 6.54 Å². The van der Waals surface area contributed by atoms with Crippen molar-refractivity contribution in [2.75, 3.05) is 26.2 Å². The second kappa shape index (κ2) is 8.41. The first-order valence-electron chi connectivity index (χ1n) is 6.96. The molecule has 4 heteroatoms. The summed E-state index contributed by atoms with van der Waals surface area (Å²) in [6, 6.07) is 8.43. The summed E-state index contributed by atoms with van der Waals surface area (Å²) in [5.41, 5.74) is 7.06. The molecular weight excluding hydrogens is 260 g/mol. The van der Waals surface area contributed by atoms with E-state index in [1.54, 1.807) is 0 Å². The summed E-state index contributed by atoms with van der Waals surface area (Å²) < 4.78 is 5.54.